The van der Waals surface area contributed by atoms with E-state index in [1.807, 2.05) is 6.92 Å². The lowest BCUT2D eigenvalue weighted by molar-refractivity contribution is 0.133. The maximum absolute atomic E-state index is 13.5. The van der Waals surface area contributed by atoms with E-state index in [4.69, 9.17) is 10.5 Å². The van der Waals surface area contributed by atoms with E-state index in [0.717, 1.165) is 18.6 Å². The molecule has 20 heavy (non-hydrogen) atoms. The number of nitrogen functional groups attached to an aromatic ring is 1. The molecule has 0 saturated heterocycles. The molecule has 0 heterocycles. The van der Waals surface area contributed by atoms with Crippen LogP contribution in [0.4, 0.5) is 14.5 Å². The van der Waals surface area contributed by atoms with Crippen molar-refractivity contribution in [2.45, 2.75) is 24.7 Å². The van der Waals surface area contributed by atoms with Gasteiger partial charge in [-0.1, -0.05) is 6.92 Å². The number of rotatable bonds is 8. The maximum atomic E-state index is 13.5. The molecule has 0 amide bonds. The molecule has 1 aromatic rings. The van der Waals surface area contributed by atoms with Gasteiger partial charge in [0.15, 0.2) is 4.90 Å². The van der Waals surface area contributed by atoms with Gasteiger partial charge in [-0.25, -0.2) is 21.9 Å². The zero-order valence-electron chi connectivity index (χ0n) is 11.2. The highest BCUT2D eigenvalue weighted by atomic mass is 32.2. The van der Waals surface area contributed by atoms with Crippen molar-refractivity contribution in [3.05, 3.63) is 23.8 Å². The summed E-state index contributed by atoms with van der Waals surface area (Å²) in [5.41, 5.74) is 5.05. The second kappa shape index (κ2) is 7.51. The number of hydrogen-bond acceptors (Lipinski definition) is 4. The van der Waals surface area contributed by atoms with Crippen LogP contribution in [0.15, 0.2) is 17.0 Å². The van der Waals surface area contributed by atoms with Gasteiger partial charge in [0.05, 0.1) is 0 Å². The lowest BCUT2D eigenvalue weighted by Crippen LogP contribution is -2.27. The van der Waals surface area contributed by atoms with E-state index in [1.54, 1.807) is 0 Å². The fourth-order valence-corrected chi connectivity index (χ4v) is 2.72. The molecular weight excluding hydrogens is 290 g/mol. The Balaban J connectivity index is 2.66. The summed E-state index contributed by atoms with van der Waals surface area (Å²) < 4.78 is 57.9. The van der Waals surface area contributed by atoms with Crippen LogP contribution in [0.1, 0.15) is 19.8 Å². The van der Waals surface area contributed by atoms with Crippen LogP contribution in [0, 0.1) is 11.6 Å². The van der Waals surface area contributed by atoms with Crippen LogP contribution in [0.25, 0.3) is 0 Å². The number of nitrogens with one attached hydrogen (secondary N) is 1. The minimum Gasteiger partial charge on any atom is -0.399 e. The van der Waals surface area contributed by atoms with Crippen molar-refractivity contribution < 1.29 is 21.9 Å². The third kappa shape index (κ3) is 4.69. The zero-order chi connectivity index (χ0) is 15.2. The first kappa shape index (κ1) is 16.8. The molecule has 1 aromatic carbocycles. The minimum absolute atomic E-state index is 0.0370. The summed E-state index contributed by atoms with van der Waals surface area (Å²) in [6.07, 6.45) is 1.28. The van der Waals surface area contributed by atoms with Crippen molar-refractivity contribution in [1.29, 1.82) is 0 Å². The van der Waals surface area contributed by atoms with Crippen LogP contribution >= 0.6 is 0 Å². The third-order valence-corrected chi connectivity index (χ3v) is 3.91. The first-order chi connectivity index (χ1) is 9.38. The zero-order valence-corrected chi connectivity index (χ0v) is 12.0. The quantitative estimate of drug-likeness (QED) is 0.565. The number of hydrogen-bond donors (Lipinski definition) is 2. The minimum atomic E-state index is -4.24. The van der Waals surface area contributed by atoms with Crippen molar-refractivity contribution in [3.63, 3.8) is 0 Å². The largest absolute Gasteiger partial charge is 0.399 e. The molecule has 0 aliphatic rings. The maximum Gasteiger partial charge on any atom is 0.246 e. The van der Waals surface area contributed by atoms with Crippen LogP contribution in [-0.4, -0.2) is 28.2 Å². The van der Waals surface area contributed by atoms with Crippen molar-refractivity contribution in [3.8, 4) is 0 Å². The van der Waals surface area contributed by atoms with Crippen molar-refractivity contribution in [2.75, 3.05) is 25.5 Å². The summed E-state index contributed by atoms with van der Waals surface area (Å²) in [4.78, 5) is -1.01. The molecule has 3 N–H and O–H groups in total. The number of ether oxygens (including phenoxy) is 1. The van der Waals surface area contributed by atoms with E-state index in [1.165, 1.54) is 0 Å². The molecule has 0 saturated carbocycles. The fraction of sp³-hybridized carbons (Fsp3) is 0.500. The average molecular weight is 308 g/mol. The number of sulfonamides is 1. The molecule has 0 atom stereocenters. The number of nitrogens with two attached hydrogens (primary N) is 1. The molecule has 0 spiro atoms. The molecule has 0 radical (unpaired) electrons. The van der Waals surface area contributed by atoms with E-state index in [0.29, 0.717) is 19.6 Å². The van der Waals surface area contributed by atoms with Crippen molar-refractivity contribution in [1.82, 2.24) is 4.72 Å². The van der Waals surface area contributed by atoms with E-state index < -0.39 is 26.6 Å². The highest BCUT2D eigenvalue weighted by Gasteiger charge is 2.24. The third-order valence-electron chi connectivity index (χ3n) is 2.40. The molecule has 0 fully saturated rings. The monoisotopic (exact) mass is 308 g/mol. The predicted octanol–water partition coefficient (Wildman–Crippen LogP) is 1.64. The summed E-state index contributed by atoms with van der Waals surface area (Å²) in [5, 5.41) is 0. The molecule has 114 valence electrons. The van der Waals surface area contributed by atoms with Crippen molar-refractivity contribution >= 4 is 15.7 Å². The van der Waals surface area contributed by atoms with Gasteiger partial charge in [-0.3, -0.25) is 0 Å². The smallest absolute Gasteiger partial charge is 0.246 e. The SMILES string of the molecule is CCCOCCCNS(=O)(=O)c1c(F)cc(N)cc1F. The standard InChI is InChI=1S/C12H18F2N2O3S/c1-2-5-19-6-3-4-16-20(17,18)12-10(13)7-9(15)8-11(12)14/h7-8,16H,2-6,15H2,1H3. The van der Waals surface area contributed by atoms with E-state index >= 15 is 0 Å². The Kier molecular flexibility index (Phi) is 6.31. The second-order valence-corrected chi connectivity index (χ2v) is 5.88. The topological polar surface area (TPSA) is 81.4 Å². The molecule has 5 nitrogen and oxygen atoms in total. The molecule has 0 bridgehead atoms. The summed E-state index contributed by atoms with van der Waals surface area (Å²) in [6.45, 7) is 2.96. The molecule has 0 aliphatic carbocycles. The van der Waals surface area contributed by atoms with Gasteiger partial charge in [0, 0.05) is 25.4 Å². The van der Waals surface area contributed by atoms with Crippen LogP contribution < -0.4 is 10.5 Å². The van der Waals surface area contributed by atoms with Gasteiger partial charge in [0.1, 0.15) is 11.6 Å². The normalized spacial score (nSPS) is 11.8. The Bertz CT molecular complexity index is 527. The second-order valence-electron chi connectivity index (χ2n) is 4.18. The van der Waals surface area contributed by atoms with Gasteiger partial charge in [-0.05, 0) is 25.0 Å². The van der Waals surface area contributed by atoms with Crippen LogP contribution in [0.2, 0.25) is 0 Å². The van der Waals surface area contributed by atoms with E-state index in [-0.39, 0.29) is 12.2 Å². The van der Waals surface area contributed by atoms with Gasteiger partial charge < -0.3 is 10.5 Å². The first-order valence-corrected chi connectivity index (χ1v) is 7.68. The Morgan fingerprint density at radius 3 is 2.40 bits per heavy atom. The van der Waals surface area contributed by atoms with Gasteiger partial charge in [0.2, 0.25) is 10.0 Å². The van der Waals surface area contributed by atoms with Gasteiger partial charge >= 0.3 is 0 Å². The molecule has 0 aliphatic heterocycles. The Labute approximate surface area is 117 Å². The van der Waals surface area contributed by atoms with Crippen LogP contribution in [0.5, 0.6) is 0 Å². The number of halogens is 2. The van der Waals surface area contributed by atoms with Gasteiger partial charge in [-0.2, -0.15) is 0 Å². The predicted molar refractivity (Wildman–Crippen MR) is 71.7 cm³/mol. The first-order valence-electron chi connectivity index (χ1n) is 6.20. The van der Waals surface area contributed by atoms with E-state index in [9.17, 15) is 17.2 Å². The fourth-order valence-electron chi connectivity index (χ4n) is 1.54. The van der Waals surface area contributed by atoms with Crippen LogP contribution in [-0.2, 0) is 14.8 Å². The number of benzene rings is 1. The summed E-state index contributed by atoms with van der Waals surface area (Å²) in [6, 6.07) is 1.53. The molecular formula is C12H18F2N2O3S. The Hall–Kier alpha value is -1.25. The average Bonchev–Trinajstić information content (AvgIpc) is 2.31. The van der Waals surface area contributed by atoms with Crippen molar-refractivity contribution in [2.24, 2.45) is 0 Å². The summed E-state index contributed by atoms with van der Waals surface area (Å²) in [7, 11) is -4.24. The Morgan fingerprint density at radius 2 is 1.85 bits per heavy atom. The lowest BCUT2D eigenvalue weighted by atomic mass is 10.3. The molecule has 8 heteroatoms. The summed E-state index contributed by atoms with van der Waals surface area (Å²) in [5.74, 6) is -2.42. The Morgan fingerprint density at radius 1 is 1.25 bits per heavy atom. The molecule has 1 rings (SSSR count). The highest BCUT2D eigenvalue weighted by molar-refractivity contribution is 7.89. The molecule has 0 aromatic heterocycles. The lowest BCUT2D eigenvalue weighted by Gasteiger charge is -2.09. The highest BCUT2D eigenvalue weighted by Crippen LogP contribution is 2.21. The van der Waals surface area contributed by atoms with Gasteiger partial charge in [-0.15, -0.1) is 0 Å². The van der Waals surface area contributed by atoms with Crippen LogP contribution in [0.3, 0.4) is 0 Å². The van der Waals surface area contributed by atoms with Gasteiger partial charge in [0.25, 0.3) is 0 Å². The molecule has 0 unspecified atom stereocenters. The number of anilines is 1. The summed E-state index contributed by atoms with van der Waals surface area (Å²) >= 11 is 0. The van der Waals surface area contributed by atoms with E-state index in [2.05, 4.69) is 4.72 Å².